The Morgan fingerprint density at radius 3 is 2.12 bits per heavy atom. The highest BCUT2D eigenvalue weighted by atomic mass is 14.7. The Kier molecular flexibility index (Phi) is 4.21. The Morgan fingerprint density at radius 1 is 0.833 bits per heavy atom. The monoisotopic (exact) mass is 317 g/mol. The molecular formula is C23H27N. The molecule has 0 aliphatic rings. The minimum atomic E-state index is 0.297. The van der Waals surface area contributed by atoms with Crippen molar-refractivity contribution in [2.24, 2.45) is 5.41 Å². The summed E-state index contributed by atoms with van der Waals surface area (Å²) in [6, 6.07) is 13.5. The zero-order valence-electron chi connectivity index (χ0n) is 15.7. The van der Waals surface area contributed by atoms with E-state index >= 15 is 0 Å². The summed E-state index contributed by atoms with van der Waals surface area (Å²) in [7, 11) is 0. The number of aryl methyl sites for hydroxylation is 3. The van der Waals surface area contributed by atoms with Crippen LogP contribution < -0.4 is 0 Å². The van der Waals surface area contributed by atoms with Crippen LogP contribution in [0.5, 0.6) is 0 Å². The van der Waals surface area contributed by atoms with Gasteiger partial charge >= 0.3 is 0 Å². The third-order valence-electron chi connectivity index (χ3n) is 4.38. The van der Waals surface area contributed by atoms with Gasteiger partial charge in [0.1, 0.15) is 0 Å². The van der Waals surface area contributed by atoms with Crippen molar-refractivity contribution in [1.82, 2.24) is 4.98 Å². The van der Waals surface area contributed by atoms with E-state index in [1.807, 2.05) is 6.20 Å². The van der Waals surface area contributed by atoms with E-state index in [0.29, 0.717) is 5.41 Å². The van der Waals surface area contributed by atoms with Crippen LogP contribution in [0.4, 0.5) is 0 Å². The molecule has 0 unspecified atom stereocenters. The number of hydrogen-bond acceptors (Lipinski definition) is 1. The fourth-order valence-corrected chi connectivity index (χ4v) is 3.49. The van der Waals surface area contributed by atoms with Crippen LogP contribution in [0.2, 0.25) is 0 Å². The van der Waals surface area contributed by atoms with E-state index in [1.54, 1.807) is 0 Å². The van der Waals surface area contributed by atoms with Gasteiger partial charge in [-0.2, -0.15) is 0 Å². The molecule has 0 saturated carbocycles. The largest absolute Gasteiger partial charge is 0.255 e. The van der Waals surface area contributed by atoms with Crippen molar-refractivity contribution >= 4 is 10.8 Å². The average molecular weight is 317 g/mol. The lowest BCUT2D eigenvalue weighted by atomic mass is 9.87. The SMILES string of the molecule is Cc1cc(C)cc(-c2ncc(C)c3cc(CC(C)(C)C)ccc23)c1. The molecular weight excluding hydrogens is 290 g/mol. The molecule has 0 spiro atoms. The normalized spacial score (nSPS) is 11.9. The molecule has 0 amide bonds. The summed E-state index contributed by atoms with van der Waals surface area (Å²) in [5, 5.41) is 2.57. The first kappa shape index (κ1) is 16.7. The second-order valence-electron chi connectivity index (χ2n) is 8.28. The van der Waals surface area contributed by atoms with Crippen molar-refractivity contribution in [3.05, 3.63) is 64.8 Å². The van der Waals surface area contributed by atoms with Gasteiger partial charge in [0.2, 0.25) is 0 Å². The molecule has 0 radical (unpaired) electrons. The minimum Gasteiger partial charge on any atom is -0.255 e. The van der Waals surface area contributed by atoms with Gasteiger partial charge in [0, 0.05) is 17.1 Å². The van der Waals surface area contributed by atoms with Crippen LogP contribution >= 0.6 is 0 Å². The van der Waals surface area contributed by atoms with E-state index in [4.69, 9.17) is 4.98 Å². The molecule has 2 aromatic carbocycles. The molecule has 124 valence electrons. The topological polar surface area (TPSA) is 12.9 Å². The highest BCUT2D eigenvalue weighted by Crippen LogP contribution is 2.32. The van der Waals surface area contributed by atoms with Gasteiger partial charge in [-0.3, -0.25) is 4.98 Å². The van der Waals surface area contributed by atoms with E-state index in [-0.39, 0.29) is 0 Å². The summed E-state index contributed by atoms with van der Waals surface area (Å²) in [6.07, 6.45) is 3.10. The van der Waals surface area contributed by atoms with Crippen LogP contribution in [-0.4, -0.2) is 4.98 Å². The summed E-state index contributed by atoms with van der Waals surface area (Å²) >= 11 is 0. The molecule has 1 heterocycles. The first-order valence-corrected chi connectivity index (χ1v) is 8.70. The number of rotatable bonds is 2. The second-order valence-corrected chi connectivity index (χ2v) is 8.28. The molecule has 0 saturated heterocycles. The van der Waals surface area contributed by atoms with Crippen LogP contribution in [0, 0.1) is 26.2 Å². The van der Waals surface area contributed by atoms with E-state index in [9.17, 15) is 0 Å². The average Bonchev–Trinajstić information content (AvgIpc) is 2.45. The maximum absolute atomic E-state index is 4.76. The van der Waals surface area contributed by atoms with Crippen molar-refractivity contribution in [2.75, 3.05) is 0 Å². The molecule has 0 bridgehead atoms. The zero-order chi connectivity index (χ0) is 17.5. The van der Waals surface area contributed by atoms with Gasteiger partial charge in [-0.25, -0.2) is 0 Å². The maximum Gasteiger partial charge on any atom is 0.0780 e. The van der Waals surface area contributed by atoms with Gasteiger partial charge in [0.15, 0.2) is 0 Å². The van der Waals surface area contributed by atoms with E-state index < -0.39 is 0 Å². The molecule has 1 heteroatoms. The summed E-state index contributed by atoms with van der Waals surface area (Å²) in [6.45, 7) is 13.3. The van der Waals surface area contributed by atoms with E-state index in [2.05, 4.69) is 77.9 Å². The predicted octanol–water partition coefficient (Wildman–Crippen LogP) is 6.42. The number of benzene rings is 2. The number of aromatic nitrogens is 1. The maximum atomic E-state index is 4.76. The van der Waals surface area contributed by atoms with Crippen molar-refractivity contribution in [2.45, 2.75) is 48.0 Å². The molecule has 0 N–H and O–H groups in total. The highest BCUT2D eigenvalue weighted by molar-refractivity contribution is 5.96. The van der Waals surface area contributed by atoms with Crippen LogP contribution in [0.1, 0.15) is 43.0 Å². The van der Waals surface area contributed by atoms with Crippen molar-refractivity contribution in [1.29, 1.82) is 0 Å². The van der Waals surface area contributed by atoms with Crippen molar-refractivity contribution in [3.63, 3.8) is 0 Å². The van der Waals surface area contributed by atoms with Gasteiger partial charge < -0.3 is 0 Å². The molecule has 0 aliphatic heterocycles. The lowest BCUT2D eigenvalue weighted by Crippen LogP contribution is -2.09. The molecule has 0 aliphatic carbocycles. The first-order chi connectivity index (χ1) is 11.2. The molecule has 0 fully saturated rings. The molecule has 24 heavy (non-hydrogen) atoms. The lowest BCUT2D eigenvalue weighted by molar-refractivity contribution is 0.411. The molecule has 3 rings (SSSR count). The van der Waals surface area contributed by atoms with Gasteiger partial charge in [-0.15, -0.1) is 0 Å². The molecule has 0 atom stereocenters. The standard InChI is InChI=1S/C23H27N/c1-15-9-16(2)11-19(10-15)22-20-8-7-18(13-23(4,5)6)12-21(20)17(3)14-24-22/h7-12,14H,13H2,1-6H3. The smallest absolute Gasteiger partial charge is 0.0780 e. The van der Waals surface area contributed by atoms with Gasteiger partial charge in [-0.05, 0) is 61.3 Å². The number of hydrogen-bond donors (Lipinski definition) is 0. The summed E-state index contributed by atoms with van der Waals surface area (Å²) in [5.41, 5.74) is 7.80. The predicted molar refractivity (Wildman–Crippen MR) is 105 cm³/mol. The summed E-state index contributed by atoms with van der Waals surface area (Å²) in [4.78, 5) is 4.76. The molecule has 1 aromatic heterocycles. The Bertz CT molecular complexity index is 878. The first-order valence-electron chi connectivity index (χ1n) is 8.70. The number of fused-ring (bicyclic) bond motifs is 1. The second kappa shape index (κ2) is 6.05. The lowest BCUT2D eigenvalue weighted by Gasteiger charge is -2.19. The van der Waals surface area contributed by atoms with Crippen molar-refractivity contribution < 1.29 is 0 Å². The molecule has 1 nitrogen and oxygen atoms in total. The number of nitrogens with zero attached hydrogens (tertiary/aromatic N) is 1. The summed E-state index contributed by atoms with van der Waals surface area (Å²) in [5.74, 6) is 0. The van der Waals surface area contributed by atoms with Gasteiger partial charge in [0.25, 0.3) is 0 Å². The van der Waals surface area contributed by atoms with E-state index in [0.717, 1.165) is 12.1 Å². The third-order valence-corrected chi connectivity index (χ3v) is 4.38. The molecule has 3 aromatic rings. The van der Waals surface area contributed by atoms with E-state index in [1.165, 1.54) is 38.6 Å². The van der Waals surface area contributed by atoms with Crippen LogP contribution in [0.15, 0.2) is 42.6 Å². The quantitative estimate of drug-likeness (QED) is 0.531. The highest BCUT2D eigenvalue weighted by Gasteiger charge is 2.14. The Hall–Kier alpha value is -2.15. The van der Waals surface area contributed by atoms with Gasteiger partial charge in [0.05, 0.1) is 5.69 Å². The minimum absolute atomic E-state index is 0.297. The zero-order valence-corrected chi connectivity index (χ0v) is 15.7. The summed E-state index contributed by atoms with van der Waals surface area (Å²) < 4.78 is 0. The fourth-order valence-electron chi connectivity index (χ4n) is 3.49. The third kappa shape index (κ3) is 3.51. The van der Waals surface area contributed by atoms with Crippen LogP contribution in [0.25, 0.3) is 22.0 Å². The van der Waals surface area contributed by atoms with Crippen LogP contribution in [-0.2, 0) is 6.42 Å². The Morgan fingerprint density at radius 2 is 1.50 bits per heavy atom. The fraction of sp³-hybridized carbons (Fsp3) is 0.348. The van der Waals surface area contributed by atoms with Crippen LogP contribution in [0.3, 0.4) is 0 Å². The Labute approximate surface area is 145 Å². The number of pyridine rings is 1. The van der Waals surface area contributed by atoms with Crippen molar-refractivity contribution in [3.8, 4) is 11.3 Å². The van der Waals surface area contributed by atoms with Gasteiger partial charge in [-0.1, -0.05) is 56.2 Å². The Balaban J connectivity index is 2.18.